The Balaban J connectivity index is 2.37. The van der Waals surface area contributed by atoms with Crippen molar-refractivity contribution in [2.24, 2.45) is 12.8 Å². The maximum atomic E-state index is 14.6. The smallest absolute Gasteiger partial charge is 0.365 e. The molecule has 0 saturated heterocycles. The van der Waals surface area contributed by atoms with Gasteiger partial charge < -0.3 is 5.73 Å². The number of halogens is 5. The summed E-state index contributed by atoms with van der Waals surface area (Å²) in [7, 11) is 1.19. The molecule has 2 aromatic carbocycles. The van der Waals surface area contributed by atoms with E-state index in [1.54, 1.807) is 0 Å². The monoisotopic (exact) mass is 381 g/mol. The van der Waals surface area contributed by atoms with Crippen LogP contribution in [0.3, 0.4) is 0 Å². The van der Waals surface area contributed by atoms with Crippen molar-refractivity contribution in [3.63, 3.8) is 0 Å². The van der Waals surface area contributed by atoms with E-state index in [-0.39, 0.29) is 22.4 Å². The minimum absolute atomic E-state index is 0.0269. The van der Waals surface area contributed by atoms with Crippen molar-refractivity contribution in [3.05, 3.63) is 65.4 Å². The second-order valence-corrected chi connectivity index (χ2v) is 5.73. The molecule has 4 nitrogen and oxygen atoms in total. The third-order valence-corrected chi connectivity index (χ3v) is 3.96. The Morgan fingerprint density at radius 1 is 1.07 bits per heavy atom. The predicted molar refractivity (Wildman–Crippen MR) is 87.5 cm³/mol. The summed E-state index contributed by atoms with van der Waals surface area (Å²) < 4.78 is 68.4. The number of carbonyl (C=O) groups is 1. The van der Waals surface area contributed by atoms with Gasteiger partial charge in [0.2, 0.25) is 0 Å². The number of nitrogens with two attached hydrogens (primary N) is 1. The zero-order valence-electron chi connectivity index (χ0n) is 13.8. The van der Waals surface area contributed by atoms with Crippen LogP contribution in [0, 0.1) is 11.6 Å². The number of amides is 1. The fourth-order valence-electron chi connectivity index (χ4n) is 2.90. The maximum Gasteiger partial charge on any atom is 0.435 e. The minimum atomic E-state index is -4.93. The number of benzene rings is 2. The number of primary amides is 1. The van der Waals surface area contributed by atoms with Crippen molar-refractivity contribution in [2.45, 2.75) is 6.18 Å². The zero-order valence-corrected chi connectivity index (χ0v) is 13.8. The van der Waals surface area contributed by atoms with Gasteiger partial charge in [-0.25, -0.2) is 8.78 Å². The molecule has 2 N–H and O–H groups in total. The fourth-order valence-corrected chi connectivity index (χ4v) is 2.90. The van der Waals surface area contributed by atoms with Gasteiger partial charge in [0.1, 0.15) is 11.6 Å². The Hall–Kier alpha value is -3.23. The summed E-state index contributed by atoms with van der Waals surface area (Å²) >= 11 is 0. The SMILES string of the molecule is Cn1nc(C(F)(F)F)c(C(N)=O)c1-c1cccc(F)c1-c1ccc(F)cc1. The topological polar surface area (TPSA) is 60.9 Å². The molecular weight excluding hydrogens is 369 g/mol. The lowest BCUT2D eigenvalue weighted by Crippen LogP contribution is -2.18. The van der Waals surface area contributed by atoms with Crippen LogP contribution in [-0.4, -0.2) is 15.7 Å². The summed E-state index contributed by atoms with van der Waals surface area (Å²) in [5.41, 5.74) is 2.66. The lowest BCUT2D eigenvalue weighted by Gasteiger charge is -2.13. The third kappa shape index (κ3) is 3.27. The first-order valence-corrected chi connectivity index (χ1v) is 7.60. The number of carbonyl (C=O) groups excluding carboxylic acids is 1. The molecule has 3 rings (SSSR count). The standard InChI is InChI=1S/C18H12F5N3O/c1-26-15(14(17(24)27)16(25-26)18(21,22)23)11-3-2-4-12(20)13(11)9-5-7-10(19)8-6-9/h2-8H,1H3,(H2,24,27). The number of hydrogen-bond acceptors (Lipinski definition) is 2. The van der Waals surface area contributed by atoms with Gasteiger partial charge in [0, 0.05) is 18.2 Å². The van der Waals surface area contributed by atoms with Crippen molar-refractivity contribution >= 4 is 5.91 Å². The van der Waals surface area contributed by atoms with Crippen LogP contribution < -0.4 is 5.73 Å². The molecule has 0 radical (unpaired) electrons. The molecule has 0 saturated carbocycles. The highest BCUT2D eigenvalue weighted by molar-refractivity contribution is 6.02. The molecular formula is C18H12F5N3O. The first-order valence-electron chi connectivity index (χ1n) is 7.60. The van der Waals surface area contributed by atoms with Gasteiger partial charge in [0.15, 0.2) is 5.69 Å². The van der Waals surface area contributed by atoms with Crippen molar-refractivity contribution in [3.8, 4) is 22.4 Å². The molecule has 3 aromatic rings. The van der Waals surface area contributed by atoms with Crippen molar-refractivity contribution in [2.75, 3.05) is 0 Å². The molecule has 1 aromatic heterocycles. The molecule has 0 bridgehead atoms. The molecule has 140 valence electrons. The number of rotatable bonds is 3. The van der Waals surface area contributed by atoms with Gasteiger partial charge in [0.05, 0.1) is 11.3 Å². The van der Waals surface area contributed by atoms with Gasteiger partial charge in [-0.2, -0.15) is 18.3 Å². The van der Waals surface area contributed by atoms with Crippen LogP contribution in [0.4, 0.5) is 22.0 Å². The number of nitrogens with zero attached hydrogens (tertiary/aromatic N) is 2. The van der Waals surface area contributed by atoms with Gasteiger partial charge in [0.25, 0.3) is 5.91 Å². The van der Waals surface area contributed by atoms with Crippen LogP contribution in [-0.2, 0) is 13.2 Å². The Kier molecular flexibility index (Phi) is 4.46. The molecule has 1 heterocycles. The molecule has 27 heavy (non-hydrogen) atoms. The largest absolute Gasteiger partial charge is 0.435 e. The van der Waals surface area contributed by atoms with Crippen LogP contribution in [0.25, 0.3) is 22.4 Å². The number of hydrogen-bond donors (Lipinski definition) is 1. The average molecular weight is 381 g/mol. The van der Waals surface area contributed by atoms with Crippen LogP contribution in [0.15, 0.2) is 42.5 Å². The Morgan fingerprint density at radius 3 is 2.26 bits per heavy atom. The summed E-state index contributed by atoms with van der Waals surface area (Å²) in [4.78, 5) is 11.8. The molecule has 0 fully saturated rings. The fraction of sp³-hybridized carbons (Fsp3) is 0.111. The summed E-state index contributed by atoms with van der Waals surface area (Å²) in [5.74, 6) is -2.67. The van der Waals surface area contributed by atoms with Crippen molar-refractivity contribution in [1.82, 2.24) is 9.78 Å². The van der Waals surface area contributed by atoms with E-state index in [2.05, 4.69) is 5.10 Å². The normalized spacial score (nSPS) is 11.6. The van der Waals surface area contributed by atoms with E-state index in [0.29, 0.717) is 0 Å². The van der Waals surface area contributed by atoms with Crippen LogP contribution in [0.2, 0.25) is 0 Å². The van der Waals surface area contributed by atoms with Gasteiger partial charge >= 0.3 is 6.18 Å². The van der Waals surface area contributed by atoms with E-state index < -0.39 is 35.0 Å². The van der Waals surface area contributed by atoms with Crippen molar-refractivity contribution < 1.29 is 26.7 Å². The highest BCUT2D eigenvalue weighted by atomic mass is 19.4. The quantitative estimate of drug-likeness (QED) is 0.693. The minimum Gasteiger partial charge on any atom is -0.365 e. The van der Waals surface area contributed by atoms with Gasteiger partial charge in [-0.3, -0.25) is 9.48 Å². The Morgan fingerprint density at radius 2 is 1.70 bits per heavy atom. The molecule has 0 aliphatic carbocycles. The third-order valence-electron chi connectivity index (χ3n) is 3.96. The maximum absolute atomic E-state index is 14.6. The lowest BCUT2D eigenvalue weighted by molar-refractivity contribution is -0.141. The zero-order chi connectivity index (χ0) is 19.9. The van der Waals surface area contributed by atoms with Gasteiger partial charge in [-0.1, -0.05) is 24.3 Å². The Bertz CT molecular complexity index is 1020. The van der Waals surface area contributed by atoms with Crippen LogP contribution in [0.1, 0.15) is 16.1 Å². The molecule has 9 heteroatoms. The molecule has 0 spiro atoms. The number of aromatic nitrogens is 2. The van der Waals surface area contributed by atoms with E-state index in [1.807, 2.05) is 0 Å². The lowest BCUT2D eigenvalue weighted by atomic mass is 9.94. The molecule has 0 unspecified atom stereocenters. The first kappa shape index (κ1) is 18.6. The highest BCUT2D eigenvalue weighted by Crippen LogP contribution is 2.40. The van der Waals surface area contributed by atoms with E-state index in [1.165, 1.54) is 31.3 Å². The second kappa shape index (κ2) is 6.49. The van der Waals surface area contributed by atoms with E-state index in [9.17, 15) is 26.7 Å². The highest BCUT2D eigenvalue weighted by Gasteiger charge is 2.41. The van der Waals surface area contributed by atoms with Gasteiger partial charge in [-0.15, -0.1) is 0 Å². The molecule has 0 aliphatic rings. The summed E-state index contributed by atoms with van der Waals surface area (Å²) in [5, 5.41) is 3.37. The first-order chi connectivity index (χ1) is 12.6. The average Bonchev–Trinajstić information content (AvgIpc) is 2.93. The number of aryl methyl sites for hydroxylation is 1. The van der Waals surface area contributed by atoms with Crippen molar-refractivity contribution in [1.29, 1.82) is 0 Å². The second-order valence-electron chi connectivity index (χ2n) is 5.73. The van der Waals surface area contributed by atoms with Crippen LogP contribution in [0.5, 0.6) is 0 Å². The molecule has 1 amide bonds. The Labute approximate surface area is 150 Å². The summed E-state index contributed by atoms with van der Waals surface area (Å²) in [6, 6.07) is 8.46. The van der Waals surface area contributed by atoms with E-state index in [4.69, 9.17) is 5.73 Å². The summed E-state index contributed by atoms with van der Waals surface area (Å²) in [6.07, 6.45) is -4.93. The number of alkyl halides is 3. The molecule has 0 aliphatic heterocycles. The van der Waals surface area contributed by atoms with E-state index in [0.717, 1.165) is 22.9 Å². The molecule has 0 atom stereocenters. The van der Waals surface area contributed by atoms with Gasteiger partial charge in [-0.05, 0) is 23.8 Å². The van der Waals surface area contributed by atoms with E-state index >= 15 is 0 Å². The summed E-state index contributed by atoms with van der Waals surface area (Å²) in [6.45, 7) is 0. The predicted octanol–water partition coefficient (Wildman–Crippen LogP) is 4.15. The van der Waals surface area contributed by atoms with Crippen LogP contribution >= 0.6 is 0 Å².